The second-order valence-corrected chi connectivity index (χ2v) is 5.52. The molecule has 1 aromatic rings. The van der Waals surface area contributed by atoms with Crippen LogP contribution in [0, 0.1) is 5.82 Å². The van der Waals surface area contributed by atoms with Gasteiger partial charge in [-0.1, -0.05) is 51.9 Å². The molecule has 0 aliphatic carbocycles. The predicted octanol–water partition coefficient (Wildman–Crippen LogP) is 4.48. The number of unbranched alkanes of at least 4 members (excludes halogenated alkanes) is 6. The van der Waals surface area contributed by atoms with E-state index in [9.17, 15) is 4.39 Å². The summed E-state index contributed by atoms with van der Waals surface area (Å²) >= 11 is 0. The summed E-state index contributed by atoms with van der Waals surface area (Å²) in [6, 6.07) is 4.50. The van der Waals surface area contributed by atoms with Crippen molar-refractivity contribution in [3.63, 3.8) is 0 Å². The highest BCUT2D eigenvalue weighted by molar-refractivity contribution is 5.36. The van der Waals surface area contributed by atoms with Gasteiger partial charge in [0.1, 0.15) is 11.6 Å². The van der Waals surface area contributed by atoms with Crippen LogP contribution in [0.2, 0.25) is 0 Å². The molecule has 0 saturated heterocycles. The predicted molar refractivity (Wildman–Crippen MR) is 85.6 cm³/mol. The summed E-state index contributed by atoms with van der Waals surface area (Å²) in [5, 5.41) is 0. The Bertz CT molecular complexity index is 398. The van der Waals surface area contributed by atoms with Gasteiger partial charge in [0.15, 0.2) is 0 Å². The first-order valence-corrected chi connectivity index (χ1v) is 8.02. The largest absolute Gasteiger partial charge is 0.496 e. The van der Waals surface area contributed by atoms with Crippen molar-refractivity contribution in [2.45, 2.75) is 64.3 Å². The second-order valence-electron chi connectivity index (χ2n) is 5.52. The number of hydrogen-bond acceptors (Lipinski definition) is 3. The Hall–Kier alpha value is -1.13. The molecule has 0 saturated carbocycles. The van der Waals surface area contributed by atoms with E-state index in [4.69, 9.17) is 10.6 Å². The zero-order valence-electron chi connectivity index (χ0n) is 13.3. The highest BCUT2D eigenvalue weighted by Gasteiger charge is 2.15. The summed E-state index contributed by atoms with van der Waals surface area (Å²) in [4.78, 5) is 0. The van der Waals surface area contributed by atoms with Gasteiger partial charge in [0.05, 0.1) is 7.11 Å². The van der Waals surface area contributed by atoms with Gasteiger partial charge in [-0.2, -0.15) is 0 Å². The normalized spacial score (nSPS) is 12.4. The van der Waals surface area contributed by atoms with E-state index in [-0.39, 0.29) is 11.9 Å². The molecule has 21 heavy (non-hydrogen) atoms. The topological polar surface area (TPSA) is 47.3 Å². The molecule has 0 bridgehead atoms. The van der Waals surface area contributed by atoms with E-state index in [1.807, 2.05) is 0 Å². The lowest BCUT2D eigenvalue weighted by Crippen LogP contribution is -2.28. The van der Waals surface area contributed by atoms with Crippen LogP contribution in [-0.2, 0) is 0 Å². The third-order valence-corrected chi connectivity index (χ3v) is 3.86. The highest BCUT2D eigenvalue weighted by atomic mass is 19.1. The van der Waals surface area contributed by atoms with Gasteiger partial charge < -0.3 is 4.74 Å². The van der Waals surface area contributed by atoms with Crippen molar-refractivity contribution in [2.24, 2.45) is 5.84 Å². The van der Waals surface area contributed by atoms with Crippen molar-refractivity contribution in [1.82, 2.24) is 5.43 Å². The minimum absolute atomic E-state index is 0.0636. The molecule has 4 heteroatoms. The van der Waals surface area contributed by atoms with Crippen LogP contribution in [0.1, 0.15) is 69.9 Å². The number of nitrogens with two attached hydrogens (primary N) is 1. The number of nitrogens with one attached hydrogen (secondary N) is 1. The number of benzene rings is 1. The van der Waals surface area contributed by atoms with Crippen LogP contribution in [0.4, 0.5) is 4.39 Å². The molecule has 0 fully saturated rings. The van der Waals surface area contributed by atoms with Gasteiger partial charge in [-0.15, -0.1) is 0 Å². The first-order valence-electron chi connectivity index (χ1n) is 8.02. The third-order valence-electron chi connectivity index (χ3n) is 3.86. The van der Waals surface area contributed by atoms with Gasteiger partial charge in [0.25, 0.3) is 0 Å². The molecule has 1 atom stereocenters. The zero-order chi connectivity index (χ0) is 15.5. The number of rotatable bonds is 11. The van der Waals surface area contributed by atoms with Gasteiger partial charge in [0.2, 0.25) is 0 Å². The molecule has 3 nitrogen and oxygen atoms in total. The lowest BCUT2D eigenvalue weighted by molar-refractivity contribution is 0.390. The molecule has 3 N–H and O–H groups in total. The molecule has 1 unspecified atom stereocenters. The highest BCUT2D eigenvalue weighted by Crippen LogP contribution is 2.29. The first-order chi connectivity index (χ1) is 10.2. The fourth-order valence-corrected chi connectivity index (χ4v) is 2.61. The molecule has 0 aromatic heterocycles. The molecule has 1 aromatic carbocycles. The minimum atomic E-state index is -0.259. The fraction of sp³-hybridized carbons (Fsp3) is 0.647. The van der Waals surface area contributed by atoms with E-state index in [1.54, 1.807) is 13.2 Å². The SMILES string of the molecule is CCCCCCCCCC(NN)c1cc(F)ccc1OC. The standard InChI is InChI=1S/C17H29FN2O/c1-3-4-5-6-7-8-9-10-16(20-19)15-13-14(18)11-12-17(15)21-2/h11-13,16,20H,3-10,19H2,1-2H3. The van der Waals surface area contributed by atoms with Gasteiger partial charge in [-0.05, 0) is 24.6 Å². The van der Waals surface area contributed by atoms with E-state index in [0.29, 0.717) is 5.75 Å². The molecule has 1 rings (SSSR count). The zero-order valence-corrected chi connectivity index (χ0v) is 13.3. The van der Waals surface area contributed by atoms with E-state index in [2.05, 4.69) is 12.3 Å². The number of hydrogen-bond donors (Lipinski definition) is 2. The minimum Gasteiger partial charge on any atom is -0.496 e. The Balaban J connectivity index is 2.42. The molecule has 120 valence electrons. The van der Waals surface area contributed by atoms with Crippen molar-refractivity contribution in [3.05, 3.63) is 29.6 Å². The van der Waals surface area contributed by atoms with E-state index in [1.165, 1.54) is 50.7 Å². The molecule has 0 amide bonds. The van der Waals surface area contributed by atoms with Crippen LogP contribution in [0.15, 0.2) is 18.2 Å². The van der Waals surface area contributed by atoms with Crippen molar-refractivity contribution in [1.29, 1.82) is 0 Å². The fourth-order valence-electron chi connectivity index (χ4n) is 2.61. The van der Waals surface area contributed by atoms with Crippen LogP contribution in [0.3, 0.4) is 0 Å². The van der Waals surface area contributed by atoms with Crippen molar-refractivity contribution in [3.8, 4) is 5.75 Å². The van der Waals surface area contributed by atoms with Crippen molar-refractivity contribution >= 4 is 0 Å². The number of methoxy groups -OCH3 is 1. The van der Waals surface area contributed by atoms with Gasteiger partial charge >= 0.3 is 0 Å². The van der Waals surface area contributed by atoms with Gasteiger partial charge in [0, 0.05) is 11.6 Å². The number of hydrazine groups is 1. The molecule has 0 aliphatic rings. The summed E-state index contributed by atoms with van der Waals surface area (Å²) in [6.07, 6.45) is 9.67. The van der Waals surface area contributed by atoms with Crippen molar-refractivity contribution in [2.75, 3.05) is 7.11 Å². The lowest BCUT2D eigenvalue weighted by Gasteiger charge is -2.19. The average molecular weight is 296 g/mol. The summed E-state index contributed by atoms with van der Waals surface area (Å²) in [6.45, 7) is 2.23. The molecule has 0 heterocycles. The summed E-state index contributed by atoms with van der Waals surface area (Å²) in [7, 11) is 1.60. The first kappa shape index (κ1) is 17.9. The van der Waals surface area contributed by atoms with Crippen molar-refractivity contribution < 1.29 is 9.13 Å². The van der Waals surface area contributed by atoms with E-state index < -0.39 is 0 Å². The van der Waals surface area contributed by atoms with Crippen LogP contribution < -0.4 is 16.0 Å². The van der Waals surface area contributed by atoms with Crippen LogP contribution in [0.25, 0.3) is 0 Å². The summed E-state index contributed by atoms with van der Waals surface area (Å²) < 4.78 is 18.7. The maximum Gasteiger partial charge on any atom is 0.123 e. The summed E-state index contributed by atoms with van der Waals surface area (Å²) in [5.41, 5.74) is 3.58. The number of halogens is 1. The van der Waals surface area contributed by atoms with Crippen LogP contribution in [-0.4, -0.2) is 7.11 Å². The van der Waals surface area contributed by atoms with Crippen LogP contribution >= 0.6 is 0 Å². The summed E-state index contributed by atoms with van der Waals surface area (Å²) in [5.74, 6) is 6.05. The van der Waals surface area contributed by atoms with Crippen LogP contribution in [0.5, 0.6) is 5.75 Å². The molecular weight excluding hydrogens is 267 g/mol. The van der Waals surface area contributed by atoms with E-state index in [0.717, 1.165) is 18.4 Å². The monoisotopic (exact) mass is 296 g/mol. The molecule has 0 aliphatic heterocycles. The van der Waals surface area contributed by atoms with E-state index >= 15 is 0 Å². The third kappa shape index (κ3) is 6.44. The Kier molecular flexibility index (Phi) is 9.02. The Morgan fingerprint density at radius 1 is 1.14 bits per heavy atom. The molecular formula is C17H29FN2O. The maximum absolute atomic E-state index is 13.4. The Morgan fingerprint density at radius 2 is 1.81 bits per heavy atom. The Labute approximate surface area is 128 Å². The Morgan fingerprint density at radius 3 is 2.43 bits per heavy atom. The molecule has 0 radical (unpaired) electrons. The second kappa shape index (κ2) is 10.6. The lowest BCUT2D eigenvalue weighted by atomic mass is 9.99. The maximum atomic E-state index is 13.4. The molecule has 0 spiro atoms. The number of ether oxygens (including phenoxy) is 1. The van der Waals surface area contributed by atoms with Gasteiger partial charge in [-0.25, -0.2) is 4.39 Å². The smallest absolute Gasteiger partial charge is 0.123 e. The van der Waals surface area contributed by atoms with Gasteiger partial charge in [-0.3, -0.25) is 11.3 Å². The quantitative estimate of drug-likeness (QED) is 0.359. The average Bonchev–Trinajstić information content (AvgIpc) is 2.50.